The average Bonchev–Trinajstić information content (AvgIpc) is 2.94. The topological polar surface area (TPSA) is 75.2 Å². The van der Waals surface area contributed by atoms with Crippen molar-refractivity contribution >= 4 is 28.2 Å². The van der Waals surface area contributed by atoms with Crippen LogP contribution in [0.15, 0.2) is 29.9 Å². The van der Waals surface area contributed by atoms with Crippen molar-refractivity contribution in [2.75, 3.05) is 19.0 Å². The van der Waals surface area contributed by atoms with E-state index in [1.54, 1.807) is 18.3 Å². The molecule has 2 aromatic heterocycles. The Morgan fingerprint density at radius 3 is 2.80 bits per heavy atom. The molecule has 1 amide bonds. The first kappa shape index (κ1) is 14.1. The minimum atomic E-state index is -0.655. The first-order valence-corrected chi connectivity index (χ1v) is 6.80. The number of amides is 1. The maximum Gasteiger partial charge on any atom is 0.292 e. The Kier molecular flexibility index (Phi) is 4.41. The molecule has 1 N–H and O–H groups in total. The predicted octanol–water partition coefficient (Wildman–Crippen LogP) is 1.10. The van der Waals surface area contributed by atoms with Crippen molar-refractivity contribution < 1.29 is 9.59 Å². The number of carbonyl (C=O) groups excluding carboxylic acids is 2. The Hall–Kier alpha value is -2.28. The number of aromatic nitrogens is 2. The van der Waals surface area contributed by atoms with Crippen LogP contribution < -0.4 is 10.2 Å². The molecule has 2 rings (SSSR count). The van der Waals surface area contributed by atoms with E-state index in [4.69, 9.17) is 0 Å². The summed E-state index contributed by atoms with van der Waals surface area (Å²) in [7, 11) is 3.79. The molecule has 0 unspecified atom stereocenters. The number of hydrogen-bond donors (Lipinski definition) is 1. The average molecular weight is 290 g/mol. The maximum atomic E-state index is 11.8. The number of thiazole rings is 1. The summed E-state index contributed by atoms with van der Waals surface area (Å²) in [4.78, 5) is 33.6. The molecule has 7 heteroatoms. The Balaban J connectivity index is 1.93. The summed E-state index contributed by atoms with van der Waals surface area (Å²) in [5, 5.41) is 5.26. The first-order chi connectivity index (χ1) is 9.58. The van der Waals surface area contributed by atoms with Crippen LogP contribution >= 0.6 is 11.3 Å². The number of hydrogen-bond acceptors (Lipinski definition) is 6. The highest BCUT2D eigenvalue weighted by molar-refractivity contribution is 7.13. The Morgan fingerprint density at radius 2 is 2.20 bits per heavy atom. The van der Waals surface area contributed by atoms with Gasteiger partial charge in [0.05, 0.1) is 12.2 Å². The zero-order chi connectivity index (χ0) is 14.5. The molecule has 0 saturated carbocycles. The van der Waals surface area contributed by atoms with Crippen LogP contribution in [0.1, 0.15) is 16.1 Å². The molecule has 104 valence electrons. The smallest absolute Gasteiger partial charge is 0.292 e. The number of rotatable bonds is 5. The van der Waals surface area contributed by atoms with Gasteiger partial charge in [0.25, 0.3) is 11.7 Å². The van der Waals surface area contributed by atoms with Gasteiger partial charge in [0, 0.05) is 37.4 Å². The number of nitrogens with zero attached hydrogens (tertiary/aromatic N) is 3. The highest BCUT2D eigenvalue weighted by Crippen LogP contribution is 2.17. The van der Waals surface area contributed by atoms with Crippen molar-refractivity contribution in [1.29, 1.82) is 0 Å². The lowest BCUT2D eigenvalue weighted by Crippen LogP contribution is -2.30. The monoisotopic (exact) mass is 290 g/mol. The molecule has 0 atom stereocenters. The molecule has 0 bridgehead atoms. The van der Waals surface area contributed by atoms with Crippen molar-refractivity contribution in [3.63, 3.8) is 0 Å². The van der Waals surface area contributed by atoms with Gasteiger partial charge in [0.1, 0.15) is 0 Å². The molecule has 6 nitrogen and oxygen atoms in total. The first-order valence-electron chi connectivity index (χ1n) is 5.92. The van der Waals surface area contributed by atoms with E-state index in [9.17, 15) is 9.59 Å². The summed E-state index contributed by atoms with van der Waals surface area (Å²) >= 11 is 1.48. The molecule has 0 radical (unpaired) electrons. The molecule has 0 aliphatic carbocycles. The fourth-order valence-corrected chi connectivity index (χ4v) is 2.22. The second kappa shape index (κ2) is 6.25. The van der Waals surface area contributed by atoms with Gasteiger partial charge in [-0.3, -0.25) is 14.6 Å². The van der Waals surface area contributed by atoms with E-state index in [-0.39, 0.29) is 12.1 Å². The van der Waals surface area contributed by atoms with E-state index in [0.29, 0.717) is 0 Å². The molecule has 2 heterocycles. The second-order valence-electron chi connectivity index (χ2n) is 4.27. The number of ketones is 1. The summed E-state index contributed by atoms with van der Waals surface area (Å²) in [6.07, 6.45) is 2.92. The van der Waals surface area contributed by atoms with E-state index in [0.717, 1.165) is 10.8 Å². The number of carbonyl (C=O) groups is 2. The molecule has 0 fully saturated rings. The summed E-state index contributed by atoms with van der Waals surface area (Å²) in [5.41, 5.74) is 1.00. The Morgan fingerprint density at radius 1 is 1.40 bits per heavy atom. The molecule has 20 heavy (non-hydrogen) atoms. The van der Waals surface area contributed by atoms with Crippen LogP contribution in [0.3, 0.4) is 0 Å². The van der Waals surface area contributed by atoms with Gasteiger partial charge >= 0.3 is 0 Å². The van der Waals surface area contributed by atoms with Crippen molar-refractivity contribution in [3.05, 3.63) is 41.2 Å². The van der Waals surface area contributed by atoms with Gasteiger partial charge in [-0.1, -0.05) is 0 Å². The van der Waals surface area contributed by atoms with Crippen LogP contribution in [0.2, 0.25) is 0 Å². The lowest BCUT2D eigenvalue weighted by Gasteiger charge is -2.06. The Bertz CT molecular complexity index is 610. The number of Topliss-reactive ketones (excluding diaryl/α,β-unsaturated/α-hetero) is 1. The number of nitrogens with one attached hydrogen (secondary N) is 1. The van der Waals surface area contributed by atoms with Crippen molar-refractivity contribution in [1.82, 2.24) is 15.3 Å². The molecular weight excluding hydrogens is 276 g/mol. The minimum absolute atomic E-state index is 0.231. The van der Waals surface area contributed by atoms with Gasteiger partial charge in [-0.2, -0.15) is 0 Å². The van der Waals surface area contributed by atoms with Crippen LogP contribution in [0, 0.1) is 0 Å². The van der Waals surface area contributed by atoms with Gasteiger partial charge in [-0.05, 0) is 12.1 Å². The van der Waals surface area contributed by atoms with E-state index in [2.05, 4.69) is 15.3 Å². The van der Waals surface area contributed by atoms with Crippen LogP contribution in [0.25, 0.3) is 0 Å². The molecule has 0 aliphatic heterocycles. The van der Waals surface area contributed by atoms with Crippen molar-refractivity contribution in [3.8, 4) is 0 Å². The van der Waals surface area contributed by atoms with Gasteiger partial charge in [0.2, 0.25) is 0 Å². The van der Waals surface area contributed by atoms with E-state index < -0.39 is 11.7 Å². The largest absolute Gasteiger partial charge is 0.354 e. The zero-order valence-corrected chi connectivity index (χ0v) is 12.0. The summed E-state index contributed by atoms with van der Waals surface area (Å²) < 4.78 is 0. The molecule has 0 spiro atoms. The SMILES string of the molecule is CN(C)c1nc(CNC(=O)C(=O)c2cccnc2)cs1. The van der Waals surface area contributed by atoms with Crippen molar-refractivity contribution in [2.45, 2.75) is 6.54 Å². The zero-order valence-electron chi connectivity index (χ0n) is 11.2. The van der Waals surface area contributed by atoms with Crippen LogP contribution in [-0.4, -0.2) is 35.8 Å². The standard InChI is InChI=1S/C13H14N4O2S/c1-17(2)13-16-10(8-20-13)7-15-12(19)11(18)9-4-3-5-14-6-9/h3-6,8H,7H2,1-2H3,(H,15,19). The van der Waals surface area contributed by atoms with Gasteiger partial charge in [-0.25, -0.2) is 4.98 Å². The molecule has 0 aromatic carbocycles. The lowest BCUT2D eigenvalue weighted by atomic mass is 10.2. The quantitative estimate of drug-likeness (QED) is 0.659. The highest BCUT2D eigenvalue weighted by atomic mass is 32.1. The molecular formula is C13H14N4O2S. The van der Waals surface area contributed by atoms with Gasteiger partial charge < -0.3 is 10.2 Å². The van der Waals surface area contributed by atoms with E-state index >= 15 is 0 Å². The van der Waals surface area contributed by atoms with Crippen LogP contribution in [-0.2, 0) is 11.3 Å². The summed E-state index contributed by atoms with van der Waals surface area (Å²) in [5.74, 6) is -1.25. The minimum Gasteiger partial charge on any atom is -0.354 e. The van der Waals surface area contributed by atoms with E-state index in [1.807, 2.05) is 24.4 Å². The Labute approximate surface area is 120 Å². The van der Waals surface area contributed by atoms with Gasteiger partial charge in [0.15, 0.2) is 5.13 Å². The van der Waals surface area contributed by atoms with Crippen molar-refractivity contribution in [2.24, 2.45) is 0 Å². The van der Waals surface area contributed by atoms with Crippen LogP contribution in [0.4, 0.5) is 5.13 Å². The normalized spacial score (nSPS) is 10.1. The fraction of sp³-hybridized carbons (Fsp3) is 0.231. The third-order valence-electron chi connectivity index (χ3n) is 2.48. The van der Waals surface area contributed by atoms with Gasteiger partial charge in [-0.15, -0.1) is 11.3 Å². The van der Waals surface area contributed by atoms with Crippen LogP contribution in [0.5, 0.6) is 0 Å². The predicted molar refractivity (Wildman–Crippen MR) is 76.9 cm³/mol. The molecule has 2 aromatic rings. The maximum absolute atomic E-state index is 11.8. The molecule has 0 saturated heterocycles. The molecule has 0 aliphatic rings. The van der Waals surface area contributed by atoms with E-state index in [1.165, 1.54) is 17.5 Å². The fourth-order valence-electron chi connectivity index (χ4n) is 1.46. The number of pyridine rings is 1. The third-order valence-corrected chi connectivity index (χ3v) is 3.54. The third kappa shape index (κ3) is 3.39. The summed E-state index contributed by atoms with van der Waals surface area (Å²) in [6.45, 7) is 0.231. The highest BCUT2D eigenvalue weighted by Gasteiger charge is 2.16. The summed E-state index contributed by atoms with van der Waals surface area (Å²) in [6, 6.07) is 3.17. The second-order valence-corrected chi connectivity index (χ2v) is 5.11. The lowest BCUT2D eigenvalue weighted by molar-refractivity contribution is -0.117. The number of anilines is 1.